The number of nitrogens with zero attached hydrogens (tertiary/aromatic N) is 1. The van der Waals surface area contributed by atoms with E-state index in [1.807, 2.05) is 18.2 Å². The summed E-state index contributed by atoms with van der Waals surface area (Å²) >= 11 is 0. The van der Waals surface area contributed by atoms with Gasteiger partial charge in [0.1, 0.15) is 22.9 Å². The Morgan fingerprint density at radius 1 is 0.903 bits per heavy atom. The molecular formula is C24H21F3N2O2. The Morgan fingerprint density at radius 2 is 1.58 bits per heavy atom. The minimum absolute atomic E-state index is 0.0767. The predicted molar refractivity (Wildman–Crippen MR) is 113 cm³/mol. The highest BCUT2D eigenvalue weighted by Crippen LogP contribution is 2.34. The fourth-order valence-electron chi connectivity index (χ4n) is 3.74. The third-order valence-corrected chi connectivity index (χ3v) is 5.24. The highest BCUT2D eigenvalue weighted by Gasteiger charge is 2.30. The zero-order chi connectivity index (χ0) is 22.0. The van der Waals surface area contributed by atoms with Crippen LogP contribution in [0.4, 0.5) is 24.5 Å². The molecule has 1 fully saturated rings. The monoisotopic (exact) mass is 426 g/mol. The number of carbonyl (C=O) groups excluding carboxylic acids is 1. The lowest BCUT2D eigenvalue weighted by Crippen LogP contribution is -2.24. The smallest absolute Gasteiger partial charge is 0.261 e. The molecule has 3 aromatic carbocycles. The van der Waals surface area contributed by atoms with Crippen molar-refractivity contribution in [3.63, 3.8) is 0 Å². The topological polar surface area (TPSA) is 41.6 Å². The van der Waals surface area contributed by atoms with Crippen LogP contribution in [-0.4, -0.2) is 19.0 Å². The van der Waals surface area contributed by atoms with Crippen molar-refractivity contribution in [3.8, 4) is 11.5 Å². The molecule has 1 heterocycles. The fourth-order valence-corrected chi connectivity index (χ4v) is 3.74. The van der Waals surface area contributed by atoms with E-state index in [-0.39, 0.29) is 16.9 Å². The summed E-state index contributed by atoms with van der Waals surface area (Å²) in [6.45, 7) is 2.41. The number of para-hydroxylation sites is 1. The average molecular weight is 426 g/mol. The molecule has 0 aromatic heterocycles. The van der Waals surface area contributed by atoms with Gasteiger partial charge in [-0.3, -0.25) is 4.79 Å². The number of hydrogen-bond acceptors (Lipinski definition) is 3. The lowest BCUT2D eigenvalue weighted by molar-refractivity contribution is 0.101. The molecule has 1 aliphatic heterocycles. The number of rotatable bonds is 5. The van der Waals surface area contributed by atoms with Gasteiger partial charge in [-0.25, -0.2) is 13.2 Å². The average Bonchev–Trinajstić information content (AvgIpc) is 3.28. The van der Waals surface area contributed by atoms with E-state index in [9.17, 15) is 18.0 Å². The molecule has 0 radical (unpaired) electrons. The molecule has 160 valence electrons. The van der Waals surface area contributed by atoms with Gasteiger partial charge in [0.05, 0.1) is 5.69 Å². The van der Waals surface area contributed by atoms with Crippen LogP contribution in [0.25, 0.3) is 0 Å². The van der Waals surface area contributed by atoms with Crippen molar-refractivity contribution in [2.75, 3.05) is 23.3 Å². The Hall–Kier alpha value is -3.48. The molecule has 4 rings (SSSR count). The van der Waals surface area contributed by atoms with E-state index in [4.69, 9.17) is 4.74 Å². The van der Waals surface area contributed by atoms with Crippen LogP contribution in [0, 0.1) is 24.4 Å². The number of benzene rings is 3. The Kier molecular flexibility index (Phi) is 5.84. The predicted octanol–water partition coefficient (Wildman–Crippen LogP) is 6.06. The molecule has 1 N–H and O–H groups in total. The first kappa shape index (κ1) is 20.8. The SMILES string of the molecule is Cc1c(F)c(C(=O)Nc2cccc(Oc3ccccc3)c2)c(F)c(F)c1N1CCCC1. The zero-order valence-electron chi connectivity index (χ0n) is 16.9. The molecule has 31 heavy (non-hydrogen) atoms. The highest BCUT2D eigenvalue weighted by atomic mass is 19.2. The number of halogens is 3. The summed E-state index contributed by atoms with van der Waals surface area (Å²) in [5, 5.41) is 2.43. The quantitative estimate of drug-likeness (QED) is 0.505. The van der Waals surface area contributed by atoms with Crippen LogP contribution in [0.5, 0.6) is 11.5 Å². The van der Waals surface area contributed by atoms with Crippen molar-refractivity contribution in [3.05, 3.63) is 83.2 Å². The molecule has 0 aliphatic carbocycles. The van der Waals surface area contributed by atoms with Gasteiger partial charge >= 0.3 is 0 Å². The van der Waals surface area contributed by atoms with E-state index >= 15 is 0 Å². The summed E-state index contributed by atoms with van der Waals surface area (Å²) in [5.41, 5.74) is -0.861. The third-order valence-electron chi connectivity index (χ3n) is 5.24. The summed E-state index contributed by atoms with van der Waals surface area (Å²) in [5.74, 6) is -3.79. The van der Waals surface area contributed by atoms with Crippen molar-refractivity contribution in [1.82, 2.24) is 0 Å². The summed E-state index contributed by atoms with van der Waals surface area (Å²) < 4.78 is 50.2. The summed E-state index contributed by atoms with van der Waals surface area (Å²) in [7, 11) is 0. The van der Waals surface area contributed by atoms with Crippen LogP contribution < -0.4 is 15.0 Å². The Balaban J connectivity index is 1.60. The maximum absolute atomic E-state index is 15.0. The minimum Gasteiger partial charge on any atom is -0.457 e. The van der Waals surface area contributed by atoms with Crippen molar-refractivity contribution in [1.29, 1.82) is 0 Å². The fraction of sp³-hybridized carbons (Fsp3) is 0.208. The van der Waals surface area contributed by atoms with Crippen LogP contribution in [-0.2, 0) is 0 Å². The summed E-state index contributed by atoms with van der Waals surface area (Å²) in [4.78, 5) is 14.3. The van der Waals surface area contributed by atoms with E-state index < -0.39 is 28.9 Å². The number of amides is 1. The van der Waals surface area contributed by atoms with Gasteiger partial charge in [-0.2, -0.15) is 0 Å². The maximum atomic E-state index is 15.0. The van der Waals surface area contributed by atoms with Crippen LogP contribution in [0.3, 0.4) is 0 Å². The van der Waals surface area contributed by atoms with Gasteiger partial charge in [-0.15, -0.1) is 0 Å². The molecule has 0 saturated carbocycles. The molecule has 3 aromatic rings. The van der Waals surface area contributed by atoms with Gasteiger partial charge in [0, 0.05) is 30.4 Å². The largest absolute Gasteiger partial charge is 0.457 e. The molecule has 0 atom stereocenters. The second-order valence-corrected chi connectivity index (χ2v) is 7.38. The molecule has 1 amide bonds. The third kappa shape index (κ3) is 4.21. The number of nitrogens with one attached hydrogen (secondary N) is 1. The molecule has 0 bridgehead atoms. The van der Waals surface area contributed by atoms with Crippen LogP contribution in [0.15, 0.2) is 54.6 Å². The highest BCUT2D eigenvalue weighted by molar-refractivity contribution is 6.05. The first-order chi connectivity index (χ1) is 15.0. The molecule has 7 heteroatoms. The van der Waals surface area contributed by atoms with Gasteiger partial charge in [0.2, 0.25) is 0 Å². The molecule has 0 spiro atoms. The number of ether oxygens (including phenoxy) is 1. The summed E-state index contributed by atoms with van der Waals surface area (Å²) in [6.07, 6.45) is 1.65. The maximum Gasteiger partial charge on any atom is 0.261 e. The number of hydrogen-bond donors (Lipinski definition) is 1. The van der Waals surface area contributed by atoms with Crippen molar-refractivity contribution >= 4 is 17.3 Å². The van der Waals surface area contributed by atoms with Crippen LogP contribution >= 0.6 is 0 Å². The van der Waals surface area contributed by atoms with Gasteiger partial charge in [0.15, 0.2) is 11.6 Å². The number of anilines is 2. The Labute approximate surface area is 178 Å². The lowest BCUT2D eigenvalue weighted by Gasteiger charge is -2.22. The van der Waals surface area contributed by atoms with E-state index in [2.05, 4.69) is 5.32 Å². The van der Waals surface area contributed by atoms with E-state index in [1.165, 1.54) is 13.0 Å². The van der Waals surface area contributed by atoms with Gasteiger partial charge in [0.25, 0.3) is 5.91 Å². The van der Waals surface area contributed by atoms with Crippen molar-refractivity contribution in [2.24, 2.45) is 0 Å². The first-order valence-corrected chi connectivity index (χ1v) is 10.0. The lowest BCUT2D eigenvalue weighted by atomic mass is 10.0. The van der Waals surface area contributed by atoms with Gasteiger partial charge in [-0.05, 0) is 44.0 Å². The molecule has 1 aliphatic rings. The Bertz CT molecular complexity index is 1080. The molecule has 1 saturated heterocycles. The van der Waals surface area contributed by atoms with Crippen molar-refractivity contribution < 1.29 is 22.7 Å². The number of carbonyl (C=O) groups is 1. The van der Waals surface area contributed by atoms with Gasteiger partial charge < -0.3 is 15.0 Å². The first-order valence-electron chi connectivity index (χ1n) is 10.0. The van der Waals surface area contributed by atoms with E-state index in [0.717, 1.165) is 12.8 Å². The summed E-state index contributed by atoms with van der Waals surface area (Å²) in [6, 6.07) is 15.4. The van der Waals surface area contributed by atoms with Crippen LogP contribution in [0.2, 0.25) is 0 Å². The minimum atomic E-state index is -1.49. The normalized spacial score (nSPS) is 13.4. The zero-order valence-corrected chi connectivity index (χ0v) is 16.9. The van der Waals surface area contributed by atoms with Crippen molar-refractivity contribution in [2.45, 2.75) is 19.8 Å². The second kappa shape index (κ2) is 8.71. The van der Waals surface area contributed by atoms with E-state index in [0.29, 0.717) is 24.6 Å². The van der Waals surface area contributed by atoms with Crippen LogP contribution in [0.1, 0.15) is 28.8 Å². The van der Waals surface area contributed by atoms with Gasteiger partial charge in [-0.1, -0.05) is 24.3 Å². The molecule has 0 unspecified atom stereocenters. The van der Waals surface area contributed by atoms with E-state index in [1.54, 1.807) is 35.2 Å². The second-order valence-electron chi connectivity index (χ2n) is 7.38. The molecule has 4 nitrogen and oxygen atoms in total. The standard InChI is InChI=1S/C24H21F3N2O2/c1-15-20(25)19(21(26)22(27)23(15)29-12-5-6-13-29)24(30)28-16-8-7-11-18(14-16)31-17-9-3-2-4-10-17/h2-4,7-11,14H,5-6,12-13H2,1H3,(H,28,30). The Morgan fingerprint density at radius 3 is 2.29 bits per heavy atom. The molecular weight excluding hydrogens is 405 g/mol.